The van der Waals surface area contributed by atoms with E-state index < -0.39 is 23.3 Å². The summed E-state index contributed by atoms with van der Waals surface area (Å²) in [6.07, 6.45) is -1.39. The van der Waals surface area contributed by atoms with Gasteiger partial charge in [0, 0.05) is 10.8 Å². The Hall–Kier alpha value is -4.52. The Morgan fingerprint density at radius 1 is 1.08 bits per heavy atom. The Labute approximate surface area is 211 Å². The largest absolute Gasteiger partial charge is 0.434 e. The van der Waals surface area contributed by atoms with Gasteiger partial charge in [0.05, 0.1) is 51.9 Å². The van der Waals surface area contributed by atoms with Gasteiger partial charge in [-0.25, -0.2) is 14.6 Å². The number of rotatable bonds is 4. The van der Waals surface area contributed by atoms with Crippen LogP contribution in [0.15, 0.2) is 48.9 Å². The molecule has 0 aliphatic rings. The molecule has 1 aromatic carbocycles. The molecule has 4 aromatic heterocycles. The van der Waals surface area contributed by atoms with Gasteiger partial charge in [-0.3, -0.25) is 4.79 Å². The third-order valence-electron chi connectivity index (χ3n) is 5.51. The number of aryl methyl sites for hydroxylation is 2. The standard InChI is InChI=1S/C23H17ClF3N9O/c1-11-8-31-36(34-11)21-16(24)7-17(12(2)32-21)33-22(37)15-9-30-35(19(15)23(25,26)27)18-10-29-20(28)14-6-4-3-5-13(14)18/h3-10H,1-2H3,(H2,28,29)(H,33,37). The minimum Gasteiger partial charge on any atom is -0.383 e. The van der Waals surface area contributed by atoms with E-state index in [0.29, 0.717) is 21.1 Å². The molecule has 0 fully saturated rings. The lowest BCUT2D eigenvalue weighted by Crippen LogP contribution is -2.21. The van der Waals surface area contributed by atoms with Crippen LogP contribution < -0.4 is 11.1 Å². The molecule has 5 rings (SSSR count). The van der Waals surface area contributed by atoms with E-state index in [1.54, 1.807) is 38.1 Å². The molecule has 5 aromatic rings. The molecule has 0 atom stereocenters. The summed E-state index contributed by atoms with van der Waals surface area (Å²) in [6, 6.07) is 7.94. The van der Waals surface area contributed by atoms with E-state index in [0.717, 1.165) is 6.20 Å². The van der Waals surface area contributed by atoms with Crippen LogP contribution in [0.5, 0.6) is 0 Å². The number of benzene rings is 1. The fourth-order valence-electron chi connectivity index (χ4n) is 3.80. The molecule has 188 valence electrons. The van der Waals surface area contributed by atoms with Crippen molar-refractivity contribution in [3.05, 3.63) is 76.6 Å². The first-order chi connectivity index (χ1) is 17.5. The second-order valence-corrected chi connectivity index (χ2v) is 8.45. The van der Waals surface area contributed by atoms with Gasteiger partial charge in [0.2, 0.25) is 0 Å². The van der Waals surface area contributed by atoms with Crippen LogP contribution in [0.2, 0.25) is 5.02 Å². The molecule has 1 amide bonds. The summed E-state index contributed by atoms with van der Waals surface area (Å²) < 4.78 is 43.4. The predicted octanol–water partition coefficient (Wildman–Crippen LogP) is 4.52. The summed E-state index contributed by atoms with van der Waals surface area (Å²) in [5.74, 6) is -0.688. The van der Waals surface area contributed by atoms with Gasteiger partial charge >= 0.3 is 6.18 Å². The molecular weight excluding hydrogens is 511 g/mol. The third-order valence-corrected chi connectivity index (χ3v) is 5.79. The maximum absolute atomic E-state index is 14.3. The summed E-state index contributed by atoms with van der Waals surface area (Å²) in [5, 5.41) is 15.4. The molecule has 0 saturated carbocycles. The first-order valence-corrected chi connectivity index (χ1v) is 11.1. The summed E-state index contributed by atoms with van der Waals surface area (Å²) >= 11 is 6.30. The number of carbonyl (C=O) groups excluding carboxylic acids is 1. The Balaban J connectivity index is 1.55. The summed E-state index contributed by atoms with van der Waals surface area (Å²) in [5.41, 5.74) is 4.97. The number of hydrogen-bond donors (Lipinski definition) is 2. The Kier molecular flexibility index (Phi) is 5.79. The highest BCUT2D eigenvalue weighted by Crippen LogP contribution is 2.36. The molecule has 14 heteroatoms. The van der Waals surface area contributed by atoms with Crippen molar-refractivity contribution in [1.82, 2.24) is 34.7 Å². The van der Waals surface area contributed by atoms with Crippen molar-refractivity contribution in [2.45, 2.75) is 20.0 Å². The zero-order valence-corrected chi connectivity index (χ0v) is 20.0. The normalized spacial score (nSPS) is 11.7. The average Bonchev–Trinajstić information content (AvgIpc) is 3.48. The van der Waals surface area contributed by atoms with E-state index in [-0.39, 0.29) is 33.7 Å². The second kappa shape index (κ2) is 8.85. The number of hydrogen-bond acceptors (Lipinski definition) is 7. The Morgan fingerprint density at radius 2 is 1.81 bits per heavy atom. The van der Waals surface area contributed by atoms with E-state index in [2.05, 4.69) is 30.6 Å². The first kappa shape index (κ1) is 24.2. The van der Waals surface area contributed by atoms with Crippen molar-refractivity contribution in [2.75, 3.05) is 11.1 Å². The number of alkyl halides is 3. The highest BCUT2D eigenvalue weighted by atomic mass is 35.5. The zero-order valence-electron chi connectivity index (χ0n) is 19.2. The van der Waals surface area contributed by atoms with E-state index in [1.165, 1.54) is 23.3 Å². The number of nitrogens with zero attached hydrogens (tertiary/aromatic N) is 7. The van der Waals surface area contributed by atoms with E-state index in [4.69, 9.17) is 17.3 Å². The van der Waals surface area contributed by atoms with Gasteiger partial charge < -0.3 is 11.1 Å². The fraction of sp³-hybridized carbons (Fsp3) is 0.130. The van der Waals surface area contributed by atoms with Gasteiger partial charge in [-0.05, 0) is 19.9 Å². The number of carbonyl (C=O) groups is 1. The van der Waals surface area contributed by atoms with Crippen LogP contribution in [0.25, 0.3) is 22.3 Å². The van der Waals surface area contributed by atoms with Crippen LogP contribution in [0, 0.1) is 13.8 Å². The van der Waals surface area contributed by atoms with Gasteiger partial charge in [-0.1, -0.05) is 35.9 Å². The smallest absolute Gasteiger partial charge is 0.383 e. The molecule has 4 heterocycles. The molecule has 0 unspecified atom stereocenters. The van der Waals surface area contributed by atoms with Crippen molar-refractivity contribution >= 4 is 39.8 Å². The molecule has 10 nitrogen and oxygen atoms in total. The zero-order chi connectivity index (χ0) is 26.5. The number of anilines is 2. The highest BCUT2D eigenvalue weighted by molar-refractivity contribution is 6.32. The molecule has 37 heavy (non-hydrogen) atoms. The Bertz CT molecular complexity index is 1680. The summed E-state index contributed by atoms with van der Waals surface area (Å²) in [7, 11) is 0. The number of halogens is 4. The van der Waals surface area contributed by atoms with Crippen LogP contribution in [-0.2, 0) is 6.18 Å². The van der Waals surface area contributed by atoms with Crippen molar-refractivity contribution in [2.24, 2.45) is 0 Å². The number of nitrogen functional groups attached to an aromatic ring is 1. The molecule has 0 saturated heterocycles. The fourth-order valence-corrected chi connectivity index (χ4v) is 4.03. The second-order valence-electron chi connectivity index (χ2n) is 8.05. The monoisotopic (exact) mass is 527 g/mol. The predicted molar refractivity (Wildman–Crippen MR) is 130 cm³/mol. The quantitative estimate of drug-likeness (QED) is 0.351. The van der Waals surface area contributed by atoms with Crippen LogP contribution in [0.3, 0.4) is 0 Å². The van der Waals surface area contributed by atoms with Crippen LogP contribution >= 0.6 is 11.6 Å². The highest BCUT2D eigenvalue weighted by Gasteiger charge is 2.41. The number of nitrogens with one attached hydrogen (secondary N) is 1. The molecule has 0 aliphatic carbocycles. The van der Waals surface area contributed by atoms with Crippen molar-refractivity contribution in [3.8, 4) is 11.5 Å². The van der Waals surface area contributed by atoms with Gasteiger partial charge in [0.15, 0.2) is 11.5 Å². The van der Waals surface area contributed by atoms with Gasteiger partial charge in [0.25, 0.3) is 5.91 Å². The van der Waals surface area contributed by atoms with E-state index in [1.807, 2.05) is 0 Å². The average molecular weight is 528 g/mol. The molecule has 0 bridgehead atoms. The van der Waals surface area contributed by atoms with E-state index in [9.17, 15) is 18.0 Å². The molecular formula is C23H17ClF3N9O. The third kappa shape index (κ3) is 4.33. The Morgan fingerprint density at radius 3 is 2.49 bits per heavy atom. The van der Waals surface area contributed by atoms with Crippen LogP contribution in [0.1, 0.15) is 27.4 Å². The maximum Gasteiger partial charge on any atom is 0.434 e. The van der Waals surface area contributed by atoms with E-state index >= 15 is 0 Å². The summed E-state index contributed by atoms with van der Waals surface area (Å²) in [4.78, 5) is 22.6. The summed E-state index contributed by atoms with van der Waals surface area (Å²) in [6.45, 7) is 3.30. The van der Waals surface area contributed by atoms with Gasteiger partial charge in [0.1, 0.15) is 5.82 Å². The van der Waals surface area contributed by atoms with Gasteiger partial charge in [-0.2, -0.15) is 28.5 Å². The lowest BCUT2D eigenvalue weighted by molar-refractivity contribution is -0.143. The lowest BCUT2D eigenvalue weighted by Gasteiger charge is -2.15. The van der Waals surface area contributed by atoms with Crippen LogP contribution in [0.4, 0.5) is 24.7 Å². The van der Waals surface area contributed by atoms with Crippen LogP contribution in [-0.4, -0.2) is 40.6 Å². The number of nitrogens with two attached hydrogens (primary N) is 1. The van der Waals surface area contributed by atoms with Crippen molar-refractivity contribution in [3.63, 3.8) is 0 Å². The number of amides is 1. The first-order valence-electron chi connectivity index (χ1n) is 10.7. The maximum atomic E-state index is 14.3. The molecule has 0 aliphatic heterocycles. The number of aromatic nitrogens is 7. The minimum atomic E-state index is -4.93. The lowest BCUT2D eigenvalue weighted by atomic mass is 10.1. The molecule has 3 N–H and O–H groups in total. The number of pyridine rings is 2. The molecule has 0 spiro atoms. The topological polar surface area (TPSA) is 129 Å². The SMILES string of the molecule is Cc1cnn(-c2nc(C)c(NC(=O)c3cnn(-c4cnc(N)c5ccccc45)c3C(F)(F)F)cc2Cl)n1. The number of fused-ring (bicyclic) bond motifs is 1. The van der Waals surface area contributed by atoms with Gasteiger partial charge in [-0.15, -0.1) is 4.80 Å². The van der Waals surface area contributed by atoms with Crippen molar-refractivity contribution in [1.29, 1.82) is 0 Å². The minimum absolute atomic E-state index is 0.0171. The molecule has 0 radical (unpaired) electrons. The van der Waals surface area contributed by atoms with Crippen molar-refractivity contribution < 1.29 is 18.0 Å².